The van der Waals surface area contributed by atoms with Crippen LogP contribution in [0.3, 0.4) is 0 Å². The highest BCUT2D eigenvalue weighted by Crippen LogP contribution is 2.10. The minimum Gasteiger partial charge on any atom is -0.481 e. The van der Waals surface area contributed by atoms with E-state index in [2.05, 4.69) is 26.6 Å². The number of hydrogen-bond donors (Lipinski definition) is 13. The summed E-state index contributed by atoms with van der Waals surface area (Å²) in [4.78, 5) is 137. The van der Waals surface area contributed by atoms with Crippen LogP contribution in [-0.2, 0) is 52.7 Å². The van der Waals surface area contributed by atoms with Crippen LogP contribution >= 0.6 is 0 Å². The van der Waals surface area contributed by atoms with Crippen molar-refractivity contribution in [2.75, 3.05) is 0 Å². The maximum Gasteiger partial charge on any atom is 0.328 e. The molecular formula is C33H55N9O15. The van der Waals surface area contributed by atoms with Crippen LogP contribution in [0.15, 0.2) is 0 Å². The number of carbonyl (C=O) groups excluding carboxylic acids is 8. The van der Waals surface area contributed by atoms with Crippen molar-refractivity contribution in [1.82, 2.24) is 31.9 Å². The second-order valence-electron chi connectivity index (χ2n) is 14.1. The maximum absolute atomic E-state index is 13.5. The number of carbonyl (C=O) groups is 11. The molecule has 0 radical (unpaired) electrons. The third-order valence-electron chi connectivity index (χ3n) is 7.82. The van der Waals surface area contributed by atoms with Crippen LogP contribution in [0, 0.1) is 11.8 Å². The SMILES string of the molecule is CC(C)C[C@H](NC(=O)[C@H](CC(N)=O)NC(=O)[C@H](CC(=O)O)NC(=O)[C@H](CC(C)C)NC(=O)[C@@H](N)CC(=O)O)C(=O)N[C@@H](CCC(N)=O)C(=O)N[C@H](C(=O)O)[C@@H](C)O. The third-order valence-corrected chi connectivity index (χ3v) is 7.82. The standard InChI is InChI=1S/C33H55N9O15/c1-13(2)8-18(38-27(50)16(34)10-24(46)47)30(53)41-21(12-25(48)49)32(55)40-20(11-23(36)45)31(54)39-19(9-14(3)4)29(52)37-17(6-7-22(35)44)28(51)42-26(15(5)43)33(56)57/h13-21,26,43H,6-12,34H2,1-5H3,(H2,35,44)(H2,36,45)(H,37,52)(H,38,50)(H,39,54)(H,40,55)(H,41,53)(H,42,51)(H,46,47)(H,48,49)(H,56,57)/t15-,16+,17+,18+,19+,20+,21+,26+/m1/s1. The molecule has 8 amide bonds. The van der Waals surface area contributed by atoms with Crippen molar-refractivity contribution in [3.8, 4) is 0 Å². The van der Waals surface area contributed by atoms with E-state index in [1.54, 1.807) is 27.7 Å². The zero-order valence-corrected chi connectivity index (χ0v) is 32.2. The van der Waals surface area contributed by atoms with Gasteiger partial charge in [-0.3, -0.25) is 47.9 Å². The van der Waals surface area contributed by atoms with Gasteiger partial charge in [0, 0.05) is 6.42 Å². The molecule has 0 spiro atoms. The van der Waals surface area contributed by atoms with E-state index in [1.165, 1.54) is 0 Å². The average molecular weight is 818 g/mol. The Labute approximate surface area is 327 Å². The van der Waals surface area contributed by atoms with Crippen LogP contribution in [0.5, 0.6) is 0 Å². The molecule has 0 saturated carbocycles. The molecule has 0 fully saturated rings. The first-order valence-electron chi connectivity index (χ1n) is 17.7. The first-order valence-corrected chi connectivity index (χ1v) is 17.7. The molecule has 0 rings (SSSR count). The maximum atomic E-state index is 13.5. The van der Waals surface area contributed by atoms with Crippen LogP contribution < -0.4 is 49.1 Å². The Morgan fingerprint density at radius 3 is 1.23 bits per heavy atom. The topological polar surface area (TPSA) is 419 Å². The number of carboxylic acids is 3. The highest BCUT2D eigenvalue weighted by molar-refractivity contribution is 5.99. The molecule has 322 valence electrons. The summed E-state index contributed by atoms with van der Waals surface area (Å²) >= 11 is 0. The molecule has 16 N–H and O–H groups in total. The van der Waals surface area contributed by atoms with Crippen LogP contribution in [0.25, 0.3) is 0 Å². The molecule has 57 heavy (non-hydrogen) atoms. The summed E-state index contributed by atoms with van der Waals surface area (Å²) in [5.41, 5.74) is 16.1. The van der Waals surface area contributed by atoms with Crippen molar-refractivity contribution in [2.45, 2.75) is 128 Å². The van der Waals surface area contributed by atoms with Crippen LogP contribution in [0.4, 0.5) is 0 Å². The van der Waals surface area contributed by atoms with E-state index in [9.17, 15) is 68.1 Å². The Balaban J connectivity index is 6.42. The molecule has 8 atom stereocenters. The lowest BCUT2D eigenvalue weighted by atomic mass is 10.0. The molecule has 24 heteroatoms. The summed E-state index contributed by atoms with van der Waals surface area (Å²) in [6.07, 6.45) is -5.45. The Kier molecular flexibility index (Phi) is 22.0. The minimum absolute atomic E-state index is 0.0729. The first-order chi connectivity index (χ1) is 26.2. The van der Waals surface area contributed by atoms with E-state index in [-0.39, 0.29) is 24.7 Å². The Hall–Kier alpha value is -5.91. The first kappa shape index (κ1) is 51.1. The monoisotopic (exact) mass is 817 g/mol. The summed E-state index contributed by atoms with van der Waals surface area (Å²) in [6.45, 7) is 7.68. The Morgan fingerprint density at radius 1 is 0.491 bits per heavy atom. The summed E-state index contributed by atoms with van der Waals surface area (Å²) in [5, 5.41) is 50.8. The molecule has 0 heterocycles. The van der Waals surface area contributed by atoms with Crippen molar-refractivity contribution in [1.29, 1.82) is 0 Å². The largest absolute Gasteiger partial charge is 0.481 e. The van der Waals surface area contributed by atoms with Gasteiger partial charge in [-0.2, -0.15) is 0 Å². The summed E-state index contributed by atoms with van der Waals surface area (Å²) in [5.74, 6) is -14.1. The minimum atomic E-state index is -1.94. The van der Waals surface area contributed by atoms with E-state index in [4.69, 9.17) is 22.3 Å². The van der Waals surface area contributed by atoms with Gasteiger partial charge < -0.3 is 69.5 Å². The van der Waals surface area contributed by atoms with Crippen molar-refractivity contribution in [2.24, 2.45) is 29.0 Å². The van der Waals surface area contributed by atoms with Gasteiger partial charge in [0.2, 0.25) is 47.3 Å². The highest BCUT2D eigenvalue weighted by Gasteiger charge is 2.36. The molecule has 0 aliphatic carbocycles. The zero-order chi connectivity index (χ0) is 44.3. The van der Waals surface area contributed by atoms with Crippen molar-refractivity contribution in [3.63, 3.8) is 0 Å². The van der Waals surface area contributed by atoms with E-state index in [0.29, 0.717) is 0 Å². The molecule has 0 unspecified atom stereocenters. The number of hydrogen-bond acceptors (Lipinski definition) is 13. The van der Waals surface area contributed by atoms with Gasteiger partial charge in [-0.05, 0) is 38.0 Å². The van der Waals surface area contributed by atoms with Gasteiger partial charge in [0.05, 0.1) is 31.4 Å². The quantitative estimate of drug-likeness (QED) is 0.0369. The highest BCUT2D eigenvalue weighted by atomic mass is 16.4. The number of rotatable bonds is 27. The van der Waals surface area contributed by atoms with Gasteiger partial charge in [-0.15, -0.1) is 0 Å². The average Bonchev–Trinajstić information content (AvgIpc) is 3.05. The number of carboxylic acid groups (broad SMARTS) is 3. The van der Waals surface area contributed by atoms with Crippen LogP contribution in [0.2, 0.25) is 0 Å². The smallest absolute Gasteiger partial charge is 0.328 e. The Bertz CT molecular complexity index is 1500. The number of amides is 8. The fourth-order valence-corrected chi connectivity index (χ4v) is 5.05. The number of aliphatic hydroxyl groups excluding tert-OH is 1. The Morgan fingerprint density at radius 2 is 0.860 bits per heavy atom. The molecule has 0 aromatic heterocycles. The van der Waals surface area contributed by atoms with Crippen LogP contribution in [-0.4, -0.2) is 134 Å². The lowest BCUT2D eigenvalue weighted by molar-refractivity contribution is -0.145. The van der Waals surface area contributed by atoms with E-state index in [1.807, 2.05) is 5.32 Å². The molecule has 0 aromatic rings. The third kappa shape index (κ3) is 20.5. The van der Waals surface area contributed by atoms with Crippen molar-refractivity contribution in [3.05, 3.63) is 0 Å². The lowest BCUT2D eigenvalue weighted by Gasteiger charge is -2.28. The molecule has 0 aliphatic rings. The fourth-order valence-electron chi connectivity index (χ4n) is 5.05. The van der Waals surface area contributed by atoms with Gasteiger partial charge in [0.1, 0.15) is 30.2 Å². The predicted octanol–water partition coefficient (Wildman–Crippen LogP) is -5.13. The van der Waals surface area contributed by atoms with E-state index in [0.717, 1.165) is 6.92 Å². The number of aliphatic hydroxyl groups is 1. The molecular weight excluding hydrogens is 762 g/mol. The number of nitrogens with one attached hydrogen (secondary N) is 6. The molecule has 0 aliphatic heterocycles. The molecule has 0 bridgehead atoms. The zero-order valence-electron chi connectivity index (χ0n) is 32.2. The summed E-state index contributed by atoms with van der Waals surface area (Å²) in [6, 6.07) is -11.8. The number of aliphatic carboxylic acids is 3. The van der Waals surface area contributed by atoms with Gasteiger partial charge in [0.15, 0.2) is 6.04 Å². The van der Waals surface area contributed by atoms with Gasteiger partial charge in [0.25, 0.3) is 0 Å². The second kappa shape index (κ2) is 24.6. The fraction of sp³-hybridized carbons (Fsp3) is 0.667. The van der Waals surface area contributed by atoms with Gasteiger partial charge >= 0.3 is 17.9 Å². The summed E-state index contributed by atoms with van der Waals surface area (Å²) < 4.78 is 0. The second-order valence-corrected chi connectivity index (χ2v) is 14.1. The summed E-state index contributed by atoms with van der Waals surface area (Å²) in [7, 11) is 0. The van der Waals surface area contributed by atoms with E-state index >= 15 is 0 Å². The van der Waals surface area contributed by atoms with Crippen molar-refractivity contribution < 1.29 is 73.2 Å². The number of nitrogens with two attached hydrogens (primary N) is 3. The van der Waals surface area contributed by atoms with Gasteiger partial charge in [-0.25, -0.2) is 4.79 Å². The van der Waals surface area contributed by atoms with Crippen molar-refractivity contribution >= 4 is 65.2 Å². The van der Waals surface area contributed by atoms with Crippen LogP contribution in [0.1, 0.15) is 79.6 Å². The molecule has 0 saturated heterocycles. The molecule has 0 aromatic carbocycles. The number of primary amides is 2. The molecule has 24 nitrogen and oxygen atoms in total. The normalized spacial score (nSPS) is 15.2. The van der Waals surface area contributed by atoms with Gasteiger partial charge in [-0.1, -0.05) is 27.7 Å². The van der Waals surface area contributed by atoms with E-state index < -0.39 is 146 Å². The lowest BCUT2D eigenvalue weighted by Crippen LogP contribution is -2.61. The predicted molar refractivity (Wildman–Crippen MR) is 195 cm³/mol.